The summed E-state index contributed by atoms with van der Waals surface area (Å²) in [6.07, 6.45) is 1.18. The maximum Gasteiger partial charge on any atom is 0.347 e. The Morgan fingerprint density at radius 3 is 2.67 bits per heavy atom. The van der Waals surface area contributed by atoms with Crippen LogP contribution in [0, 0.1) is 0 Å². The summed E-state index contributed by atoms with van der Waals surface area (Å²) in [6, 6.07) is 9.45. The zero-order valence-electron chi connectivity index (χ0n) is 11.7. The number of aromatic carboxylic acids is 1. The molecule has 0 amide bonds. The Balaban J connectivity index is 1.97. The minimum atomic E-state index is -1.03. The number of carboxylic acid groups (broad SMARTS) is 1. The zero-order valence-corrected chi connectivity index (χ0v) is 12.6. The average molecular weight is 307 g/mol. The largest absolute Gasteiger partial charge is 0.494 e. The van der Waals surface area contributed by atoms with Crippen molar-refractivity contribution in [1.29, 1.82) is 0 Å². The fourth-order valence-electron chi connectivity index (χ4n) is 2.11. The van der Waals surface area contributed by atoms with Crippen LogP contribution in [0.4, 0.5) is 0 Å². The van der Waals surface area contributed by atoms with Crippen molar-refractivity contribution in [3.8, 4) is 5.75 Å². The van der Waals surface area contributed by atoms with Gasteiger partial charge in [0.25, 0.3) is 0 Å². The molecule has 6 heteroatoms. The number of rotatable bonds is 7. The fraction of sp³-hybridized carbons (Fsp3) is 0.333. The summed E-state index contributed by atoms with van der Waals surface area (Å²) in [4.78, 5) is 22.9. The predicted octanol–water partition coefficient (Wildman–Crippen LogP) is 2.64. The summed E-state index contributed by atoms with van der Waals surface area (Å²) in [5.41, 5.74) is 0.595. The van der Waals surface area contributed by atoms with Crippen molar-refractivity contribution in [2.75, 3.05) is 6.61 Å². The molecule has 2 rings (SSSR count). The molecule has 1 aromatic carbocycles. The molecule has 21 heavy (non-hydrogen) atoms. The van der Waals surface area contributed by atoms with Gasteiger partial charge < -0.3 is 14.4 Å². The Hall–Kier alpha value is -2.08. The Morgan fingerprint density at radius 1 is 1.33 bits per heavy atom. The van der Waals surface area contributed by atoms with Gasteiger partial charge in [0, 0.05) is 12.2 Å². The van der Waals surface area contributed by atoms with Crippen LogP contribution in [0.15, 0.2) is 35.1 Å². The molecule has 1 aromatic heterocycles. The first-order chi connectivity index (χ1) is 10.1. The lowest BCUT2D eigenvalue weighted by molar-refractivity contribution is 0.0700. The SMILES string of the molecule is CCc1c(C(=O)O)sc(=O)n1CCCOc1ccccc1. The van der Waals surface area contributed by atoms with Crippen LogP contribution in [-0.2, 0) is 13.0 Å². The molecule has 2 aromatic rings. The van der Waals surface area contributed by atoms with E-state index < -0.39 is 5.97 Å². The first kappa shape index (κ1) is 15.3. The van der Waals surface area contributed by atoms with Gasteiger partial charge in [-0.15, -0.1) is 0 Å². The van der Waals surface area contributed by atoms with E-state index in [1.165, 1.54) is 0 Å². The number of carboxylic acids is 1. The standard InChI is InChI=1S/C15H17NO4S/c1-2-12-13(14(17)18)21-15(19)16(12)9-6-10-20-11-7-4-3-5-8-11/h3-5,7-8H,2,6,9-10H2,1H3,(H,17,18). The Morgan fingerprint density at radius 2 is 2.05 bits per heavy atom. The number of carbonyl (C=O) groups is 1. The van der Waals surface area contributed by atoms with E-state index in [0.717, 1.165) is 17.1 Å². The molecule has 5 nitrogen and oxygen atoms in total. The maximum absolute atomic E-state index is 11.9. The molecule has 0 unspecified atom stereocenters. The van der Waals surface area contributed by atoms with Crippen LogP contribution in [0.2, 0.25) is 0 Å². The summed E-state index contributed by atoms with van der Waals surface area (Å²) in [6.45, 7) is 2.81. The molecule has 0 radical (unpaired) electrons. The third kappa shape index (κ3) is 3.72. The van der Waals surface area contributed by atoms with E-state index >= 15 is 0 Å². The molecule has 0 atom stereocenters. The van der Waals surface area contributed by atoms with Crippen molar-refractivity contribution in [1.82, 2.24) is 4.57 Å². The van der Waals surface area contributed by atoms with E-state index in [4.69, 9.17) is 9.84 Å². The minimum Gasteiger partial charge on any atom is -0.494 e. The number of benzene rings is 1. The van der Waals surface area contributed by atoms with E-state index in [9.17, 15) is 9.59 Å². The summed E-state index contributed by atoms with van der Waals surface area (Å²) in [7, 11) is 0. The normalized spacial score (nSPS) is 10.5. The molecule has 0 aliphatic rings. The van der Waals surface area contributed by atoms with E-state index in [-0.39, 0.29) is 9.75 Å². The highest BCUT2D eigenvalue weighted by Crippen LogP contribution is 2.14. The molecule has 1 N–H and O–H groups in total. The maximum atomic E-state index is 11.9. The number of para-hydroxylation sites is 1. The second-order valence-electron chi connectivity index (χ2n) is 4.47. The number of ether oxygens (including phenoxy) is 1. The smallest absolute Gasteiger partial charge is 0.347 e. The summed E-state index contributed by atoms with van der Waals surface area (Å²) in [5, 5.41) is 9.09. The number of thiazole rings is 1. The van der Waals surface area contributed by atoms with Gasteiger partial charge in [-0.2, -0.15) is 0 Å². The highest BCUT2D eigenvalue weighted by molar-refractivity contribution is 7.11. The fourth-order valence-corrected chi connectivity index (χ4v) is 3.05. The first-order valence-electron chi connectivity index (χ1n) is 6.77. The van der Waals surface area contributed by atoms with Crippen LogP contribution in [0.3, 0.4) is 0 Å². The highest BCUT2D eigenvalue weighted by Gasteiger charge is 2.18. The van der Waals surface area contributed by atoms with Crippen molar-refractivity contribution in [2.45, 2.75) is 26.3 Å². The topological polar surface area (TPSA) is 68.5 Å². The lowest BCUT2D eigenvalue weighted by atomic mass is 10.3. The monoisotopic (exact) mass is 307 g/mol. The van der Waals surface area contributed by atoms with Crippen LogP contribution in [0.5, 0.6) is 5.75 Å². The molecule has 0 saturated heterocycles. The number of nitrogens with zero attached hydrogens (tertiary/aromatic N) is 1. The summed E-state index contributed by atoms with van der Waals surface area (Å²) < 4.78 is 7.11. The molecule has 112 valence electrons. The van der Waals surface area contributed by atoms with Crippen molar-refractivity contribution in [3.05, 3.63) is 50.6 Å². The molecule has 0 saturated carbocycles. The average Bonchev–Trinajstić information content (AvgIpc) is 2.81. The van der Waals surface area contributed by atoms with Crippen LogP contribution in [-0.4, -0.2) is 22.2 Å². The van der Waals surface area contributed by atoms with Crippen LogP contribution >= 0.6 is 11.3 Å². The summed E-state index contributed by atoms with van der Waals surface area (Å²) in [5.74, 6) is -0.245. The van der Waals surface area contributed by atoms with Crippen LogP contribution in [0.1, 0.15) is 28.7 Å². The molecule has 0 spiro atoms. The molecule has 1 heterocycles. The summed E-state index contributed by atoms with van der Waals surface area (Å²) >= 11 is 0.795. The van der Waals surface area contributed by atoms with E-state index in [0.29, 0.717) is 31.7 Å². The van der Waals surface area contributed by atoms with Crippen molar-refractivity contribution in [3.63, 3.8) is 0 Å². The van der Waals surface area contributed by atoms with Gasteiger partial charge in [-0.25, -0.2) is 4.79 Å². The zero-order chi connectivity index (χ0) is 15.2. The third-order valence-corrected chi connectivity index (χ3v) is 4.07. The molecule has 0 aliphatic heterocycles. The number of hydrogen-bond acceptors (Lipinski definition) is 4. The Labute approximate surface area is 126 Å². The lowest BCUT2D eigenvalue weighted by Gasteiger charge is -2.08. The minimum absolute atomic E-state index is 0.145. The van der Waals surface area contributed by atoms with Gasteiger partial charge in [0.15, 0.2) is 0 Å². The Kier molecular flexibility index (Phi) is 5.16. The molecule has 0 bridgehead atoms. The molecule has 0 aliphatic carbocycles. The lowest BCUT2D eigenvalue weighted by Crippen LogP contribution is -2.18. The van der Waals surface area contributed by atoms with Crippen LogP contribution < -0.4 is 9.61 Å². The van der Waals surface area contributed by atoms with Gasteiger partial charge in [0.05, 0.1) is 6.61 Å². The van der Waals surface area contributed by atoms with Crippen molar-refractivity contribution >= 4 is 17.3 Å². The first-order valence-corrected chi connectivity index (χ1v) is 7.58. The highest BCUT2D eigenvalue weighted by atomic mass is 32.1. The van der Waals surface area contributed by atoms with Gasteiger partial charge >= 0.3 is 10.8 Å². The van der Waals surface area contributed by atoms with Gasteiger partial charge in [0.2, 0.25) is 0 Å². The van der Waals surface area contributed by atoms with E-state index in [2.05, 4.69) is 0 Å². The van der Waals surface area contributed by atoms with Crippen LogP contribution in [0.25, 0.3) is 0 Å². The van der Waals surface area contributed by atoms with Gasteiger partial charge in [-0.3, -0.25) is 4.79 Å². The van der Waals surface area contributed by atoms with E-state index in [1.807, 2.05) is 37.3 Å². The Bertz CT molecular complexity index is 660. The van der Waals surface area contributed by atoms with E-state index in [1.54, 1.807) is 4.57 Å². The second-order valence-corrected chi connectivity index (χ2v) is 5.43. The number of hydrogen-bond donors (Lipinski definition) is 1. The van der Waals surface area contributed by atoms with Gasteiger partial charge in [0.1, 0.15) is 10.6 Å². The molecule has 0 fully saturated rings. The quantitative estimate of drug-likeness (QED) is 0.798. The second kappa shape index (κ2) is 7.08. The molecular weight excluding hydrogens is 290 g/mol. The molecular formula is C15H17NO4S. The van der Waals surface area contributed by atoms with Crippen molar-refractivity contribution in [2.24, 2.45) is 0 Å². The van der Waals surface area contributed by atoms with Crippen molar-refractivity contribution < 1.29 is 14.6 Å². The number of aromatic nitrogens is 1. The van der Waals surface area contributed by atoms with Gasteiger partial charge in [-0.05, 0) is 25.0 Å². The van der Waals surface area contributed by atoms with Gasteiger partial charge in [-0.1, -0.05) is 36.5 Å². The third-order valence-electron chi connectivity index (χ3n) is 3.06. The predicted molar refractivity (Wildman–Crippen MR) is 81.5 cm³/mol.